The lowest BCUT2D eigenvalue weighted by Crippen LogP contribution is -2.24. The summed E-state index contributed by atoms with van der Waals surface area (Å²) in [6.07, 6.45) is 3.17. The van der Waals surface area contributed by atoms with E-state index in [1.807, 2.05) is 18.2 Å². The maximum Gasteiger partial charge on any atom is 0.148 e. The van der Waals surface area contributed by atoms with Crippen molar-refractivity contribution in [1.29, 1.82) is 5.26 Å². The Bertz CT molecular complexity index is 1060. The van der Waals surface area contributed by atoms with Crippen molar-refractivity contribution in [1.82, 2.24) is 4.98 Å². The van der Waals surface area contributed by atoms with Gasteiger partial charge in [-0.2, -0.15) is 5.26 Å². The van der Waals surface area contributed by atoms with Crippen LogP contribution in [0.3, 0.4) is 0 Å². The lowest BCUT2D eigenvalue weighted by atomic mass is 9.72. The molecule has 0 fully saturated rings. The van der Waals surface area contributed by atoms with Crippen LogP contribution in [0.4, 0.5) is 0 Å². The lowest BCUT2D eigenvalue weighted by molar-refractivity contribution is 0.282. The molecule has 32 heavy (non-hydrogen) atoms. The molecule has 0 aliphatic rings. The van der Waals surface area contributed by atoms with Gasteiger partial charge in [-0.15, -0.1) is 11.3 Å². The first-order chi connectivity index (χ1) is 15.1. The van der Waals surface area contributed by atoms with Crippen LogP contribution in [-0.2, 0) is 5.41 Å². The van der Waals surface area contributed by atoms with Gasteiger partial charge in [-0.3, -0.25) is 0 Å². The number of nitriles is 1. The molecule has 0 amide bonds. The van der Waals surface area contributed by atoms with Crippen LogP contribution in [0, 0.1) is 16.7 Å². The molecule has 1 aromatic heterocycles. The Morgan fingerprint density at radius 3 is 2.53 bits per heavy atom. The number of rotatable bonds is 9. The highest BCUT2D eigenvalue weighted by molar-refractivity contribution is 8.00. The van der Waals surface area contributed by atoms with Gasteiger partial charge in [0.1, 0.15) is 16.0 Å². The predicted octanol–water partition coefficient (Wildman–Crippen LogP) is 8.55. The minimum Gasteiger partial charge on any atom is -0.492 e. The molecule has 2 aromatic carbocycles. The Balaban J connectivity index is 1.95. The summed E-state index contributed by atoms with van der Waals surface area (Å²) >= 11 is 3.15. The minimum absolute atomic E-state index is 0.0213. The highest BCUT2D eigenvalue weighted by Gasteiger charge is 2.29. The fraction of sp³-hybridized carbons (Fsp3) is 0.481. The number of nitrogens with zero attached hydrogens (tertiary/aromatic N) is 2. The molecule has 1 atom stereocenters. The second kappa shape index (κ2) is 10.3. The predicted molar refractivity (Wildman–Crippen MR) is 138 cm³/mol. The Hall–Kier alpha value is -2.03. The van der Waals surface area contributed by atoms with Gasteiger partial charge in [0.15, 0.2) is 0 Å². The number of para-hydroxylation sites is 1. The molecule has 3 rings (SSSR count). The van der Waals surface area contributed by atoms with Gasteiger partial charge in [-0.1, -0.05) is 77.9 Å². The zero-order valence-corrected chi connectivity index (χ0v) is 21.7. The molecule has 0 radical (unpaired) electrons. The first-order valence-electron chi connectivity index (χ1n) is 11.3. The summed E-state index contributed by atoms with van der Waals surface area (Å²) in [5.41, 5.74) is 2.48. The molecule has 170 valence electrons. The van der Waals surface area contributed by atoms with Gasteiger partial charge < -0.3 is 4.74 Å². The third-order valence-electron chi connectivity index (χ3n) is 5.35. The van der Waals surface area contributed by atoms with E-state index >= 15 is 0 Å². The molecule has 0 aliphatic heterocycles. The van der Waals surface area contributed by atoms with Gasteiger partial charge in [0.2, 0.25) is 0 Å². The van der Waals surface area contributed by atoms with Crippen LogP contribution in [0.2, 0.25) is 0 Å². The van der Waals surface area contributed by atoms with Gasteiger partial charge in [0, 0.05) is 0 Å². The summed E-state index contributed by atoms with van der Waals surface area (Å²) in [7, 11) is 0. The molecule has 3 aromatic rings. The van der Waals surface area contributed by atoms with Crippen LogP contribution in [0.5, 0.6) is 5.75 Å². The molecule has 1 unspecified atom stereocenters. The maximum absolute atomic E-state index is 10.0. The van der Waals surface area contributed by atoms with Crippen LogP contribution in [0.15, 0.2) is 47.4 Å². The van der Waals surface area contributed by atoms with E-state index in [2.05, 4.69) is 71.9 Å². The molecule has 0 saturated heterocycles. The molecule has 0 spiro atoms. The molecule has 5 heteroatoms. The number of unbranched alkanes of at least 4 members (excludes halogenated alkanes) is 1. The van der Waals surface area contributed by atoms with Gasteiger partial charge in [-0.25, -0.2) is 4.98 Å². The minimum atomic E-state index is -0.373. The smallest absolute Gasteiger partial charge is 0.148 e. The molecule has 3 nitrogen and oxygen atoms in total. The van der Waals surface area contributed by atoms with E-state index in [9.17, 15) is 5.26 Å². The van der Waals surface area contributed by atoms with Crippen LogP contribution in [0.1, 0.15) is 76.6 Å². The first kappa shape index (κ1) is 24.6. The number of ether oxygens (including phenoxy) is 1. The SMILES string of the molecule is CCCCOc1ccc(C(C)(C)CC(C)(C)C)cc1SC(C#N)c1nc2ccccc2s1. The maximum atomic E-state index is 10.0. The largest absolute Gasteiger partial charge is 0.492 e. The zero-order chi connectivity index (χ0) is 23.4. The summed E-state index contributed by atoms with van der Waals surface area (Å²) in [6.45, 7) is 14.3. The van der Waals surface area contributed by atoms with Crippen molar-refractivity contribution in [3.8, 4) is 11.8 Å². The number of hydrogen-bond donors (Lipinski definition) is 0. The average Bonchev–Trinajstić information content (AvgIpc) is 3.15. The molecule has 0 aliphatic carbocycles. The summed E-state index contributed by atoms with van der Waals surface area (Å²) < 4.78 is 7.25. The summed E-state index contributed by atoms with van der Waals surface area (Å²) in [5, 5.41) is 10.5. The lowest BCUT2D eigenvalue weighted by Gasteiger charge is -2.33. The number of fused-ring (bicyclic) bond motifs is 1. The van der Waals surface area contributed by atoms with Gasteiger partial charge >= 0.3 is 0 Å². The van der Waals surface area contributed by atoms with E-state index in [0.29, 0.717) is 6.61 Å². The Morgan fingerprint density at radius 2 is 1.88 bits per heavy atom. The highest BCUT2D eigenvalue weighted by atomic mass is 32.2. The van der Waals surface area contributed by atoms with Gasteiger partial charge in [-0.05, 0) is 53.5 Å². The zero-order valence-electron chi connectivity index (χ0n) is 20.1. The Morgan fingerprint density at radius 1 is 1.12 bits per heavy atom. The van der Waals surface area contributed by atoms with E-state index in [0.717, 1.165) is 45.1 Å². The van der Waals surface area contributed by atoms with Crippen molar-refractivity contribution in [2.45, 2.75) is 76.4 Å². The van der Waals surface area contributed by atoms with Crippen molar-refractivity contribution in [2.75, 3.05) is 6.61 Å². The van der Waals surface area contributed by atoms with E-state index in [4.69, 9.17) is 9.72 Å². The molecule has 0 bridgehead atoms. The van der Waals surface area contributed by atoms with E-state index in [1.54, 1.807) is 23.1 Å². The van der Waals surface area contributed by atoms with Crippen molar-refractivity contribution in [3.63, 3.8) is 0 Å². The molecule has 0 N–H and O–H groups in total. The number of hydrogen-bond acceptors (Lipinski definition) is 5. The number of benzene rings is 2. The average molecular weight is 467 g/mol. The molecule has 0 saturated carbocycles. The third kappa shape index (κ3) is 6.27. The van der Waals surface area contributed by atoms with Crippen LogP contribution >= 0.6 is 23.1 Å². The summed E-state index contributed by atoms with van der Waals surface area (Å²) in [4.78, 5) is 5.76. The number of aromatic nitrogens is 1. The first-order valence-corrected chi connectivity index (χ1v) is 13.0. The third-order valence-corrected chi connectivity index (χ3v) is 7.74. The molecular formula is C27H34N2OS2. The molecule has 1 heterocycles. The van der Waals surface area contributed by atoms with Crippen LogP contribution < -0.4 is 4.74 Å². The Labute approximate surface area is 201 Å². The topological polar surface area (TPSA) is 45.9 Å². The van der Waals surface area contributed by atoms with E-state index in [1.165, 1.54) is 5.56 Å². The fourth-order valence-corrected chi connectivity index (χ4v) is 6.24. The number of thioether (sulfide) groups is 1. The Kier molecular flexibility index (Phi) is 7.90. The second-order valence-corrected chi connectivity index (χ2v) is 12.3. The normalized spacial score (nSPS) is 13.2. The van der Waals surface area contributed by atoms with E-state index in [-0.39, 0.29) is 16.1 Å². The van der Waals surface area contributed by atoms with Crippen LogP contribution in [-0.4, -0.2) is 11.6 Å². The van der Waals surface area contributed by atoms with Crippen molar-refractivity contribution >= 4 is 33.3 Å². The molecular weight excluding hydrogens is 432 g/mol. The van der Waals surface area contributed by atoms with Crippen LogP contribution in [0.25, 0.3) is 10.2 Å². The summed E-state index contributed by atoms with van der Waals surface area (Å²) in [6, 6.07) is 17.0. The van der Waals surface area contributed by atoms with Crippen molar-refractivity contribution < 1.29 is 4.74 Å². The highest BCUT2D eigenvalue weighted by Crippen LogP contribution is 2.45. The van der Waals surface area contributed by atoms with Gasteiger partial charge in [0.25, 0.3) is 0 Å². The van der Waals surface area contributed by atoms with E-state index < -0.39 is 0 Å². The monoisotopic (exact) mass is 466 g/mol. The second-order valence-electron chi connectivity index (χ2n) is 10.1. The quantitative estimate of drug-likeness (QED) is 0.234. The summed E-state index contributed by atoms with van der Waals surface area (Å²) in [5.74, 6) is 0.861. The fourth-order valence-electron chi connectivity index (χ4n) is 4.16. The standard InChI is InChI=1S/C27H34N2OS2/c1-7-8-15-30-21-14-13-19(27(5,6)18-26(2,3)4)16-23(21)31-24(17-28)25-29-20-11-9-10-12-22(20)32-25/h9-14,16,24H,7-8,15,18H2,1-6H3. The number of thiazole rings is 1. The van der Waals surface area contributed by atoms with Crippen molar-refractivity contribution in [3.05, 3.63) is 53.0 Å². The van der Waals surface area contributed by atoms with Gasteiger partial charge in [0.05, 0.1) is 27.8 Å². The van der Waals surface area contributed by atoms with Crippen molar-refractivity contribution in [2.24, 2.45) is 5.41 Å².